The number of hydrogen-bond acceptors (Lipinski definition) is 4. The fourth-order valence-corrected chi connectivity index (χ4v) is 8.34. The van der Waals surface area contributed by atoms with Gasteiger partial charge < -0.3 is 0 Å². The van der Waals surface area contributed by atoms with Gasteiger partial charge in [0.15, 0.2) is 5.82 Å². The minimum Gasteiger partial charge on any atom is -0.264 e. The largest absolute Gasteiger partial charge is 0.264 e. The molecule has 0 aliphatic heterocycles. The van der Waals surface area contributed by atoms with Crippen LogP contribution < -0.4 is 0 Å². The fraction of sp³-hybridized carbons (Fsp3) is 0. The highest BCUT2D eigenvalue weighted by molar-refractivity contribution is 7.25. The van der Waals surface area contributed by atoms with Gasteiger partial charge in [-0.2, -0.15) is 0 Å². The second-order valence-electron chi connectivity index (χ2n) is 13.3. The summed E-state index contributed by atoms with van der Waals surface area (Å²) in [6, 6.07) is 62.5. The van der Waals surface area contributed by atoms with Crippen molar-refractivity contribution in [3.63, 3.8) is 0 Å². The Hall–Kier alpha value is -6.75. The zero-order chi connectivity index (χ0) is 35.1. The lowest BCUT2D eigenvalue weighted by Gasteiger charge is -2.12. The summed E-state index contributed by atoms with van der Waals surface area (Å²) >= 11 is 1.85. The smallest absolute Gasteiger partial charge is 0.160 e. The topological polar surface area (TPSA) is 38.7 Å². The molecule has 248 valence electrons. The van der Waals surface area contributed by atoms with Crippen molar-refractivity contribution < 1.29 is 0 Å². The Morgan fingerprint density at radius 1 is 0.358 bits per heavy atom. The van der Waals surface area contributed by atoms with Crippen LogP contribution in [0.2, 0.25) is 0 Å². The third kappa shape index (κ3) is 5.85. The van der Waals surface area contributed by atoms with Gasteiger partial charge in [-0.05, 0) is 74.5 Å². The molecule has 4 heteroatoms. The van der Waals surface area contributed by atoms with Gasteiger partial charge in [0.25, 0.3) is 0 Å². The van der Waals surface area contributed by atoms with Gasteiger partial charge in [0.2, 0.25) is 0 Å². The van der Waals surface area contributed by atoms with Crippen molar-refractivity contribution in [1.82, 2.24) is 15.0 Å². The highest BCUT2D eigenvalue weighted by Crippen LogP contribution is 2.37. The molecule has 0 aliphatic carbocycles. The highest BCUT2D eigenvalue weighted by Gasteiger charge is 2.13. The van der Waals surface area contributed by atoms with E-state index >= 15 is 0 Å². The van der Waals surface area contributed by atoms with Gasteiger partial charge in [0.05, 0.1) is 11.4 Å². The van der Waals surface area contributed by atoms with Crippen LogP contribution in [-0.4, -0.2) is 15.0 Å². The third-order valence-electron chi connectivity index (χ3n) is 10.0. The van der Waals surface area contributed by atoms with E-state index in [-0.39, 0.29) is 0 Å². The maximum atomic E-state index is 5.15. The average Bonchev–Trinajstić information content (AvgIpc) is 3.62. The molecule has 53 heavy (non-hydrogen) atoms. The normalized spacial score (nSPS) is 11.4. The van der Waals surface area contributed by atoms with Crippen LogP contribution in [-0.2, 0) is 0 Å². The van der Waals surface area contributed by atoms with E-state index in [1.54, 1.807) is 6.20 Å². The SMILES string of the molecule is c1cncc(-c2ccc(-c3nc(-c4ccc(-c5ccc6sc7ccccc7c6c5)cc4)cc(-c4ccc(-c5cccc6ccccc56)cc4)n3)cc2)c1. The van der Waals surface area contributed by atoms with Crippen molar-refractivity contribution in [2.75, 3.05) is 0 Å². The quantitative estimate of drug-likeness (QED) is 0.174. The zero-order valence-electron chi connectivity index (χ0n) is 28.6. The van der Waals surface area contributed by atoms with Crippen LogP contribution in [0.5, 0.6) is 0 Å². The molecule has 0 radical (unpaired) electrons. The maximum Gasteiger partial charge on any atom is 0.160 e. The lowest BCUT2D eigenvalue weighted by molar-refractivity contribution is 1.18. The van der Waals surface area contributed by atoms with Crippen molar-refractivity contribution in [3.05, 3.63) is 188 Å². The van der Waals surface area contributed by atoms with Crippen LogP contribution in [0.1, 0.15) is 0 Å². The van der Waals surface area contributed by atoms with Crippen molar-refractivity contribution in [2.24, 2.45) is 0 Å². The molecule has 3 nitrogen and oxygen atoms in total. The highest BCUT2D eigenvalue weighted by atomic mass is 32.1. The summed E-state index contributed by atoms with van der Waals surface area (Å²) in [6.45, 7) is 0. The van der Waals surface area contributed by atoms with Crippen molar-refractivity contribution in [1.29, 1.82) is 0 Å². The Bertz CT molecular complexity index is 2910. The molecule has 0 N–H and O–H groups in total. The molecule has 3 aromatic heterocycles. The summed E-state index contributed by atoms with van der Waals surface area (Å²) < 4.78 is 2.63. The van der Waals surface area contributed by atoms with Crippen LogP contribution in [0.4, 0.5) is 0 Å². The lowest BCUT2D eigenvalue weighted by atomic mass is 9.96. The number of pyridine rings is 1. The first kappa shape index (κ1) is 31.0. The molecular formula is C49H31N3S. The predicted octanol–water partition coefficient (Wildman–Crippen LogP) is 13.4. The zero-order valence-corrected chi connectivity index (χ0v) is 29.5. The Morgan fingerprint density at radius 2 is 0.943 bits per heavy atom. The van der Waals surface area contributed by atoms with Crippen LogP contribution in [0, 0.1) is 0 Å². The van der Waals surface area contributed by atoms with E-state index in [9.17, 15) is 0 Å². The Labute approximate surface area is 311 Å². The van der Waals surface area contributed by atoms with Crippen LogP contribution in [0.25, 0.3) is 98.2 Å². The number of benzene rings is 7. The Morgan fingerprint density at radius 3 is 1.68 bits per heavy atom. The van der Waals surface area contributed by atoms with E-state index in [1.807, 2.05) is 23.6 Å². The van der Waals surface area contributed by atoms with Crippen molar-refractivity contribution in [2.45, 2.75) is 0 Å². The van der Waals surface area contributed by atoms with Crippen molar-refractivity contribution >= 4 is 42.3 Å². The van der Waals surface area contributed by atoms with E-state index in [1.165, 1.54) is 53.2 Å². The second-order valence-corrected chi connectivity index (χ2v) is 14.4. The summed E-state index contributed by atoms with van der Waals surface area (Å²) in [6.07, 6.45) is 3.68. The molecule has 10 aromatic rings. The molecule has 0 amide bonds. The number of rotatable bonds is 6. The Balaban J connectivity index is 1.04. The van der Waals surface area contributed by atoms with Gasteiger partial charge in [0.1, 0.15) is 0 Å². The predicted molar refractivity (Wildman–Crippen MR) is 223 cm³/mol. The van der Waals surface area contributed by atoms with Gasteiger partial charge in [-0.15, -0.1) is 11.3 Å². The average molecular weight is 694 g/mol. The molecule has 0 saturated carbocycles. The minimum atomic E-state index is 0.687. The lowest BCUT2D eigenvalue weighted by Crippen LogP contribution is -1.96. The first-order valence-corrected chi connectivity index (χ1v) is 18.6. The second kappa shape index (κ2) is 13.1. The number of fused-ring (bicyclic) bond motifs is 4. The monoisotopic (exact) mass is 693 g/mol. The van der Waals surface area contributed by atoms with Crippen LogP contribution in [0.15, 0.2) is 188 Å². The van der Waals surface area contributed by atoms with E-state index < -0.39 is 0 Å². The molecule has 0 saturated heterocycles. The number of nitrogens with zero attached hydrogens (tertiary/aromatic N) is 3. The van der Waals surface area contributed by atoms with Gasteiger partial charge in [0, 0.05) is 49.3 Å². The van der Waals surface area contributed by atoms with Gasteiger partial charge in [-0.3, -0.25) is 4.98 Å². The van der Waals surface area contributed by atoms with Gasteiger partial charge >= 0.3 is 0 Å². The standard InChI is InChI=1S/C49H31N3S/c1-2-10-41-34(7-1)8-5-12-42(41)35-18-22-37(23-19-35)46-30-45(51-49(52-46)38-24-16-33(17-25-38)40-9-6-28-50-31-40)36-20-14-32(15-21-36)39-26-27-48-44(29-39)43-11-3-4-13-47(43)53-48/h1-31H. The molecule has 10 rings (SSSR count). The van der Waals surface area contributed by atoms with Gasteiger partial charge in [-0.1, -0.05) is 146 Å². The number of hydrogen-bond donors (Lipinski definition) is 0. The molecule has 3 heterocycles. The summed E-state index contributed by atoms with van der Waals surface area (Å²) in [5, 5.41) is 5.10. The molecule has 0 aliphatic rings. The summed E-state index contributed by atoms with van der Waals surface area (Å²) in [4.78, 5) is 14.6. The molecular weight excluding hydrogens is 663 g/mol. The van der Waals surface area contributed by atoms with E-state index in [4.69, 9.17) is 9.97 Å². The van der Waals surface area contributed by atoms with E-state index in [0.29, 0.717) is 5.82 Å². The molecule has 0 spiro atoms. The molecule has 7 aromatic carbocycles. The molecule has 0 unspecified atom stereocenters. The van der Waals surface area contributed by atoms with Crippen LogP contribution in [0.3, 0.4) is 0 Å². The summed E-state index contributed by atoms with van der Waals surface area (Å²) in [7, 11) is 0. The first-order valence-electron chi connectivity index (χ1n) is 17.7. The molecule has 0 atom stereocenters. The van der Waals surface area contributed by atoms with Gasteiger partial charge in [-0.25, -0.2) is 9.97 Å². The van der Waals surface area contributed by atoms with Crippen molar-refractivity contribution in [3.8, 4) is 67.3 Å². The first-order chi connectivity index (χ1) is 26.2. The molecule has 0 bridgehead atoms. The summed E-state index contributed by atoms with van der Waals surface area (Å²) in [5.41, 5.74) is 11.8. The number of aromatic nitrogens is 3. The Kier molecular flexibility index (Phi) is 7.67. The number of thiophene rings is 1. The summed E-state index contributed by atoms with van der Waals surface area (Å²) in [5.74, 6) is 0.687. The van der Waals surface area contributed by atoms with Crippen LogP contribution >= 0.6 is 11.3 Å². The van der Waals surface area contributed by atoms with E-state index in [2.05, 4.69) is 175 Å². The minimum absolute atomic E-state index is 0.687. The van der Waals surface area contributed by atoms with E-state index in [0.717, 1.165) is 39.2 Å². The third-order valence-corrected chi connectivity index (χ3v) is 11.2. The maximum absolute atomic E-state index is 5.15. The fourth-order valence-electron chi connectivity index (χ4n) is 7.25. The molecule has 0 fully saturated rings.